The van der Waals surface area contributed by atoms with Crippen LogP contribution in [0.2, 0.25) is 0 Å². The summed E-state index contributed by atoms with van der Waals surface area (Å²) in [5.41, 5.74) is 6.29. The van der Waals surface area contributed by atoms with Gasteiger partial charge in [-0.1, -0.05) is 12.1 Å². The van der Waals surface area contributed by atoms with E-state index >= 15 is 0 Å². The number of benzene rings is 1. The highest BCUT2D eigenvalue weighted by molar-refractivity contribution is 5.82. The molecule has 0 aromatic heterocycles. The molecule has 1 aromatic carbocycles. The molecule has 0 heterocycles. The molecule has 1 aliphatic rings. The number of ether oxygens (including phenoxy) is 2. The molecular weight excluding hydrogens is 256 g/mol. The Morgan fingerprint density at radius 2 is 2.05 bits per heavy atom. The molecule has 2 rings (SSSR count). The second-order valence-corrected chi connectivity index (χ2v) is 5.33. The molecule has 0 radical (unpaired) electrons. The van der Waals surface area contributed by atoms with Gasteiger partial charge >= 0.3 is 5.97 Å². The molecule has 1 unspecified atom stereocenters. The number of anilines is 1. The number of para-hydroxylation sites is 2. The first kappa shape index (κ1) is 14.7. The van der Waals surface area contributed by atoms with Crippen molar-refractivity contribution in [3.05, 3.63) is 24.3 Å². The van der Waals surface area contributed by atoms with Gasteiger partial charge < -0.3 is 20.1 Å². The van der Waals surface area contributed by atoms with E-state index in [4.69, 9.17) is 15.2 Å². The number of hydrogen-bond acceptors (Lipinski definition) is 5. The summed E-state index contributed by atoms with van der Waals surface area (Å²) in [7, 11) is 4.92. The Morgan fingerprint density at radius 3 is 2.60 bits per heavy atom. The van der Waals surface area contributed by atoms with Crippen LogP contribution in [0, 0.1) is 5.92 Å². The Kier molecular flexibility index (Phi) is 4.18. The first-order valence-electron chi connectivity index (χ1n) is 6.74. The zero-order valence-electron chi connectivity index (χ0n) is 12.3. The first-order valence-corrected chi connectivity index (χ1v) is 6.74. The predicted octanol–water partition coefficient (Wildman–Crippen LogP) is 1.41. The van der Waals surface area contributed by atoms with Gasteiger partial charge in [-0.2, -0.15) is 0 Å². The fraction of sp³-hybridized carbons (Fsp3) is 0.533. The zero-order valence-corrected chi connectivity index (χ0v) is 12.3. The molecule has 1 fully saturated rings. The minimum atomic E-state index is -0.954. The number of hydrogen-bond donors (Lipinski definition) is 1. The van der Waals surface area contributed by atoms with E-state index in [1.165, 1.54) is 7.11 Å². The molecule has 1 atom stereocenters. The molecule has 5 nitrogen and oxygen atoms in total. The van der Waals surface area contributed by atoms with Gasteiger partial charge in [-0.25, -0.2) is 4.79 Å². The van der Waals surface area contributed by atoms with Crippen molar-refractivity contribution in [3.63, 3.8) is 0 Å². The molecule has 0 saturated heterocycles. The van der Waals surface area contributed by atoms with Crippen LogP contribution >= 0.6 is 0 Å². The van der Waals surface area contributed by atoms with Crippen LogP contribution in [0.1, 0.15) is 12.8 Å². The number of esters is 1. The van der Waals surface area contributed by atoms with Crippen molar-refractivity contribution >= 4 is 11.7 Å². The van der Waals surface area contributed by atoms with E-state index in [2.05, 4.69) is 0 Å². The van der Waals surface area contributed by atoms with Gasteiger partial charge in [0.2, 0.25) is 0 Å². The first-order chi connectivity index (χ1) is 9.52. The Hall–Kier alpha value is -1.75. The van der Waals surface area contributed by atoms with Crippen LogP contribution in [0.3, 0.4) is 0 Å². The van der Waals surface area contributed by atoms with E-state index in [9.17, 15) is 4.79 Å². The van der Waals surface area contributed by atoms with Gasteiger partial charge in [0.05, 0.1) is 19.9 Å². The van der Waals surface area contributed by atoms with E-state index in [-0.39, 0.29) is 11.9 Å². The van der Waals surface area contributed by atoms with Crippen LogP contribution in [0.4, 0.5) is 5.69 Å². The summed E-state index contributed by atoms with van der Waals surface area (Å²) in [5.74, 6) is 0.617. The minimum absolute atomic E-state index is 0.201. The van der Waals surface area contributed by atoms with Gasteiger partial charge in [-0.15, -0.1) is 0 Å². The van der Waals surface area contributed by atoms with Crippen LogP contribution in [0.25, 0.3) is 0 Å². The van der Waals surface area contributed by atoms with Gasteiger partial charge in [0, 0.05) is 13.6 Å². The standard InChI is InChI=1S/C15H22N2O3/c1-17(12-6-4-5-7-13(12)19-2)10-15(16,11-8-9-11)14(18)20-3/h4-7,11H,8-10,16H2,1-3H3. The number of rotatable bonds is 6. The van der Waals surface area contributed by atoms with Crippen LogP contribution in [0.5, 0.6) is 5.75 Å². The van der Waals surface area contributed by atoms with Gasteiger partial charge in [0.25, 0.3) is 0 Å². The van der Waals surface area contributed by atoms with Crippen LogP contribution in [-0.2, 0) is 9.53 Å². The Morgan fingerprint density at radius 1 is 1.40 bits per heavy atom. The monoisotopic (exact) mass is 278 g/mol. The lowest BCUT2D eigenvalue weighted by atomic mass is 9.93. The Balaban J connectivity index is 2.20. The number of carbonyl (C=O) groups excluding carboxylic acids is 1. The average molecular weight is 278 g/mol. The quantitative estimate of drug-likeness (QED) is 0.797. The summed E-state index contributed by atoms with van der Waals surface area (Å²) in [5, 5.41) is 0. The topological polar surface area (TPSA) is 64.8 Å². The summed E-state index contributed by atoms with van der Waals surface area (Å²) in [6, 6.07) is 7.68. The molecule has 20 heavy (non-hydrogen) atoms. The normalized spacial score (nSPS) is 17.2. The molecule has 0 aliphatic heterocycles. The highest BCUT2D eigenvalue weighted by Crippen LogP contribution is 2.40. The summed E-state index contributed by atoms with van der Waals surface area (Å²) in [6.07, 6.45) is 1.96. The van der Waals surface area contributed by atoms with Crippen LogP contribution in [0.15, 0.2) is 24.3 Å². The van der Waals surface area contributed by atoms with E-state index in [1.54, 1.807) is 7.11 Å². The Labute approximate surface area is 119 Å². The maximum Gasteiger partial charge on any atom is 0.327 e. The van der Waals surface area contributed by atoms with E-state index in [1.807, 2.05) is 36.2 Å². The van der Waals surface area contributed by atoms with Gasteiger partial charge in [0.1, 0.15) is 11.3 Å². The van der Waals surface area contributed by atoms with Crippen molar-refractivity contribution in [2.75, 3.05) is 32.7 Å². The smallest absolute Gasteiger partial charge is 0.327 e. The molecule has 1 aromatic rings. The summed E-state index contributed by atoms with van der Waals surface area (Å²) >= 11 is 0. The van der Waals surface area contributed by atoms with Crippen molar-refractivity contribution in [1.82, 2.24) is 0 Å². The fourth-order valence-electron chi connectivity index (χ4n) is 2.57. The zero-order chi connectivity index (χ0) is 14.8. The SMILES string of the molecule is COC(=O)C(N)(CN(C)c1ccccc1OC)C1CC1. The second kappa shape index (κ2) is 5.71. The van der Waals surface area contributed by atoms with Crippen molar-refractivity contribution < 1.29 is 14.3 Å². The van der Waals surface area contributed by atoms with Crippen LogP contribution < -0.4 is 15.4 Å². The number of carbonyl (C=O) groups is 1. The van der Waals surface area contributed by atoms with E-state index in [0.717, 1.165) is 24.3 Å². The number of methoxy groups -OCH3 is 2. The van der Waals surface area contributed by atoms with Gasteiger partial charge in [-0.3, -0.25) is 0 Å². The molecule has 0 spiro atoms. The summed E-state index contributed by atoms with van der Waals surface area (Å²) in [6.45, 7) is 0.407. The van der Waals surface area contributed by atoms with Crippen molar-refractivity contribution in [3.8, 4) is 5.75 Å². The highest BCUT2D eigenvalue weighted by atomic mass is 16.5. The van der Waals surface area contributed by atoms with Crippen molar-refractivity contribution in [2.45, 2.75) is 18.4 Å². The maximum atomic E-state index is 12.0. The van der Waals surface area contributed by atoms with Crippen molar-refractivity contribution in [1.29, 1.82) is 0 Å². The second-order valence-electron chi connectivity index (χ2n) is 5.33. The molecule has 0 amide bonds. The van der Waals surface area contributed by atoms with Gasteiger partial charge in [-0.05, 0) is 30.9 Å². The third kappa shape index (κ3) is 2.72. The molecule has 0 bridgehead atoms. The highest BCUT2D eigenvalue weighted by Gasteiger charge is 2.49. The van der Waals surface area contributed by atoms with Crippen molar-refractivity contribution in [2.24, 2.45) is 11.7 Å². The summed E-state index contributed by atoms with van der Waals surface area (Å²) in [4.78, 5) is 14.0. The number of nitrogens with zero attached hydrogens (tertiary/aromatic N) is 1. The summed E-state index contributed by atoms with van der Waals surface area (Å²) < 4.78 is 10.2. The number of nitrogens with two attached hydrogens (primary N) is 1. The molecule has 1 aliphatic carbocycles. The Bertz CT molecular complexity index is 488. The van der Waals surface area contributed by atoms with E-state index in [0.29, 0.717) is 6.54 Å². The molecule has 1 saturated carbocycles. The lowest BCUT2D eigenvalue weighted by molar-refractivity contribution is -0.147. The third-order valence-corrected chi connectivity index (χ3v) is 3.87. The molecular formula is C15H22N2O3. The lowest BCUT2D eigenvalue weighted by Crippen LogP contribution is -2.58. The van der Waals surface area contributed by atoms with Crippen LogP contribution in [-0.4, -0.2) is 39.3 Å². The minimum Gasteiger partial charge on any atom is -0.495 e. The molecule has 110 valence electrons. The van der Waals surface area contributed by atoms with E-state index < -0.39 is 5.54 Å². The van der Waals surface area contributed by atoms with Gasteiger partial charge in [0.15, 0.2) is 0 Å². The number of likely N-dealkylation sites (N-methyl/N-ethyl adjacent to an activating group) is 1. The average Bonchev–Trinajstić information content (AvgIpc) is 3.30. The largest absolute Gasteiger partial charge is 0.495 e. The maximum absolute atomic E-state index is 12.0. The molecule has 2 N–H and O–H groups in total. The lowest BCUT2D eigenvalue weighted by Gasteiger charge is -2.33. The third-order valence-electron chi connectivity index (χ3n) is 3.87. The fourth-order valence-corrected chi connectivity index (χ4v) is 2.57. The predicted molar refractivity (Wildman–Crippen MR) is 77.9 cm³/mol. The molecule has 5 heteroatoms.